The Labute approximate surface area is 112 Å². The fourth-order valence-corrected chi connectivity index (χ4v) is 1.61. The highest BCUT2D eigenvalue weighted by Crippen LogP contribution is 2.33. The summed E-state index contributed by atoms with van der Waals surface area (Å²) in [5, 5.41) is 1.08. The number of amides is 1. The van der Waals surface area contributed by atoms with Crippen molar-refractivity contribution in [1.29, 1.82) is 0 Å². The standard InChI is InChI=1S/C12H12ClF4NO/c1-2-3-18-11(19)10(13)7-4-8(12(15,16)17)6-9(14)5-7/h4-6,10H,2-3H2,1H3,(H,18,19). The molecule has 1 aromatic carbocycles. The molecule has 1 unspecified atom stereocenters. The van der Waals surface area contributed by atoms with Gasteiger partial charge in [0.2, 0.25) is 5.91 Å². The highest BCUT2D eigenvalue weighted by atomic mass is 35.5. The van der Waals surface area contributed by atoms with Crippen LogP contribution in [0.5, 0.6) is 0 Å². The van der Waals surface area contributed by atoms with Crippen LogP contribution in [0.25, 0.3) is 0 Å². The largest absolute Gasteiger partial charge is 0.416 e. The number of hydrogen-bond acceptors (Lipinski definition) is 1. The maximum atomic E-state index is 13.1. The Morgan fingerprint density at radius 1 is 1.37 bits per heavy atom. The van der Waals surface area contributed by atoms with Crippen LogP contribution in [-0.2, 0) is 11.0 Å². The quantitative estimate of drug-likeness (QED) is 0.667. The van der Waals surface area contributed by atoms with Gasteiger partial charge in [0.1, 0.15) is 11.2 Å². The zero-order valence-corrected chi connectivity index (χ0v) is 10.8. The molecule has 106 valence electrons. The van der Waals surface area contributed by atoms with Crippen molar-refractivity contribution in [2.24, 2.45) is 0 Å². The van der Waals surface area contributed by atoms with Crippen molar-refractivity contribution >= 4 is 17.5 Å². The normalized spacial score (nSPS) is 13.2. The Hall–Kier alpha value is -1.30. The summed E-state index contributed by atoms with van der Waals surface area (Å²) < 4.78 is 50.7. The topological polar surface area (TPSA) is 29.1 Å². The zero-order valence-electron chi connectivity index (χ0n) is 10.0. The highest BCUT2D eigenvalue weighted by molar-refractivity contribution is 6.30. The lowest BCUT2D eigenvalue weighted by Gasteiger charge is -2.13. The molecule has 0 fully saturated rings. The number of carbonyl (C=O) groups is 1. The van der Waals surface area contributed by atoms with Crippen LogP contribution in [0.2, 0.25) is 0 Å². The van der Waals surface area contributed by atoms with E-state index in [1.807, 2.05) is 6.92 Å². The summed E-state index contributed by atoms with van der Waals surface area (Å²) in [5.74, 6) is -1.74. The molecule has 0 aromatic heterocycles. The molecule has 0 saturated heterocycles. The molecule has 0 aliphatic heterocycles. The lowest BCUT2D eigenvalue weighted by atomic mass is 10.1. The van der Waals surface area contributed by atoms with Crippen molar-refractivity contribution < 1.29 is 22.4 Å². The predicted octanol–water partition coefficient (Wildman–Crippen LogP) is 3.65. The molecule has 0 bridgehead atoms. The highest BCUT2D eigenvalue weighted by Gasteiger charge is 2.32. The van der Waals surface area contributed by atoms with Crippen molar-refractivity contribution in [3.05, 3.63) is 35.1 Å². The van der Waals surface area contributed by atoms with E-state index in [1.54, 1.807) is 0 Å². The second-order valence-corrected chi connectivity index (χ2v) is 4.36. The Bertz CT molecular complexity index is 462. The summed E-state index contributed by atoms with van der Waals surface area (Å²) in [6.45, 7) is 2.16. The van der Waals surface area contributed by atoms with Crippen LogP contribution in [0.4, 0.5) is 17.6 Å². The summed E-state index contributed by atoms with van der Waals surface area (Å²) in [7, 11) is 0. The molecule has 1 rings (SSSR count). The van der Waals surface area contributed by atoms with Gasteiger partial charge in [-0.3, -0.25) is 4.79 Å². The fourth-order valence-electron chi connectivity index (χ4n) is 1.41. The number of nitrogens with one attached hydrogen (secondary N) is 1. The van der Waals surface area contributed by atoms with E-state index in [4.69, 9.17) is 11.6 Å². The van der Waals surface area contributed by atoms with Crippen molar-refractivity contribution in [1.82, 2.24) is 5.32 Å². The smallest absolute Gasteiger partial charge is 0.355 e. The van der Waals surface area contributed by atoms with Gasteiger partial charge >= 0.3 is 6.18 Å². The van der Waals surface area contributed by atoms with Crippen molar-refractivity contribution in [3.63, 3.8) is 0 Å². The zero-order chi connectivity index (χ0) is 14.6. The monoisotopic (exact) mass is 297 g/mol. The molecule has 0 radical (unpaired) electrons. The first-order valence-electron chi connectivity index (χ1n) is 5.55. The van der Waals surface area contributed by atoms with Gasteiger partial charge in [0.25, 0.3) is 0 Å². The van der Waals surface area contributed by atoms with E-state index in [-0.39, 0.29) is 5.56 Å². The van der Waals surface area contributed by atoms with E-state index >= 15 is 0 Å². The molecule has 2 nitrogen and oxygen atoms in total. The Morgan fingerprint density at radius 3 is 2.53 bits per heavy atom. The molecule has 0 heterocycles. The first-order valence-corrected chi connectivity index (χ1v) is 5.98. The summed E-state index contributed by atoms with van der Waals surface area (Å²) in [5.41, 5.74) is -1.39. The SMILES string of the molecule is CCCNC(=O)C(Cl)c1cc(F)cc(C(F)(F)F)c1. The van der Waals surface area contributed by atoms with Gasteiger partial charge in [0.15, 0.2) is 0 Å². The maximum Gasteiger partial charge on any atom is 0.416 e. The van der Waals surface area contributed by atoms with Gasteiger partial charge in [-0.15, -0.1) is 11.6 Å². The lowest BCUT2D eigenvalue weighted by molar-refractivity contribution is -0.138. The third kappa shape index (κ3) is 4.38. The molecule has 1 atom stereocenters. The molecular formula is C12H12ClF4NO. The van der Waals surface area contributed by atoms with Gasteiger partial charge in [0.05, 0.1) is 5.56 Å². The molecule has 1 aromatic rings. The van der Waals surface area contributed by atoms with Crippen LogP contribution in [-0.4, -0.2) is 12.5 Å². The molecule has 1 N–H and O–H groups in total. The van der Waals surface area contributed by atoms with Gasteiger partial charge in [-0.1, -0.05) is 6.92 Å². The van der Waals surface area contributed by atoms with E-state index in [2.05, 4.69) is 5.32 Å². The number of hydrogen-bond donors (Lipinski definition) is 1. The van der Waals surface area contributed by atoms with E-state index in [0.29, 0.717) is 25.1 Å². The van der Waals surface area contributed by atoms with E-state index in [1.165, 1.54) is 0 Å². The van der Waals surface area contributed by atoms with Gasteiger partial charge < -0.3 is 5.32 Å². The average molecular weight is 298 g/mol. The number of halogens is 5. The van der Waals surface area contributed by atoms with Crippen LogP contribution in [0, 0.1) is 5.82 Å². The van der Waals surface area contributed by atoms with Crippen molar-refractivity contribution in [3.8, 4) is 0 Å². The molecule has 1 amide bonds. The first kappa shape index (κ1) is 15.8. The van der Waals surface area contributed by atoms with Crippen molar-refractivity contribution in [2.45, 2.75) is 24.9 Å². The second-order valence-electron chi connectivity index (χ2n) is 3.92. The first-order chi connectivity index (χ1) is 8.75. The third-order valence-corrected chi connectivity index (χ3v) is 2.77. The molecular weight excluding hydrogens is 286 g/mol. The van der Waals surface area contributed by atoms with Crippen LogP contribution >= 0.6 is 11.6 Å². The fraction of sp³-hybridized carbons (Fsp3) is 0.417. The van der Waals surface area contributed by atoms with Crippen LogP contribution in [0.3, 0.4) is 0 Å². The van der Waals surface area contributed by atoms with Crippen LogP contribution < -0.4 is 5.32 Å². The minimum atomic E-state index is -4.69. The van der Waals surface area contributed by atoms with Gasteiger partial charge in [-0.05, 0) is 30.2 Å². The molecule has 0 aliphatic carbocycles. The Balaban J connectivity index is 3.00. The molecule has 0 aliphatic rings. The van der Waals surface area contributed by atoms with Crippen LogP contribution in [0.15, 0.2) is 18.2 Å². The predicted molar refractivity (Wildman–Crippen MR) is 63.3 cm³/mol. The Kier molecular flexibility index (Phi) is 5.17. The summed E-state index contributed by atoms with van der Waals surface area (Å²) in [4.78, 5) is 11.5. The van der Waals surface area contributed by atoms with E-state index in [0.717, 1.165) is 6.07 Å². The lowest BCUT2D eigenvalue weighted by Crippen LogP contribution is -2.27. The third-order valence-electron chi connectivity index (χ3n) is 2.32. The summed E-state index contributed by atoms with van der Waals surface area (Å²) in [6, 6.07) is 1.85. The minimum absolute atomic E-state index is 0.220. The van der Waals surface area contributed by atoms with Crippen molar-refractivity contribution in [2.75, 3.05) is 6.54 Å². The number of alkyl halides is 4. The van der Waals surface area contributed by atoms with Crippen LogP contribution in [0.1, 0.15) is 29.8 Å². The van der Waals surface area contributed by atoms with E-state index in [9.17, 15) is 22.4 Å². The van der Waals surface area contributed by atoms with Gasteiger partial charge in [0, 0.05) is 6.54 Å². The van der Waals surface area contributed by atoms with Gasteiger partial charge in [-0.25, -0.2) is 4.39 Å². The Morgan fingerprint density at radius 2 is 2.00 bits per heavy atom. The van der Waals surface area contributed by atoms with Gasteiger partial charge in [-0.2, -0.15) is 13.2 Å². The molecule has 0 spiro atoms. The van der Waals surface area contributed by atoms with E-state index < -0.39 is 28.8 Å². The molecule has 0 saturated carbocycles. The maximum absolute atomic E-state index is 13.1. The average Bonchev–Trinajstić information content (AvgIpc) is 2.33. The molecule has 19 heavy (non-hydrogen) atoms. The summed E-state index contributed by atoms with van der Waals surface area (Å²) >= 11 is 5.74. The number of rotatable bonds is 4. The number of benzene rings is 1. The second kappa shape index (κ2) is 6.23. The molecule has 7 heteroatoms. The summed E-state index contributed by atoms with van der Waals surface area (Å²) in [6.07, 6.45) is -4.03. The minimum Gasteiger partial charge on any atom is -0.355 e. The number of carbonyl (C=O) groups excluding carboxylic acids is 1.